The summed E-state index contributed by atoms with van der Waals surface area (Å²) >= 11 is 0. The van der Waals surface area contributed by atoms with E-state index in [0.29, 0.717) is 17.6 Å². The molecule has 0 bridgehead atoms. The lowest BCUT2D eigenvalue weighted by atomic mass is 10.0. The van der Waals surface area contributed by atoms with Crippen LogP contribution in [0.1, 0.15) is 0 Å². The average Bonchev–Trinajstić information content (AvgIpc) is 4.07. The molecule has 0 spiro atoms. The van der Waals surface area contributed by atoms with Crippen LogP contribution in [0.4, 0.5) is 0 Å². The van der Waals surface area contributed by atoms with Gasteiger partial charge in [0, 0.05) is 49.1 Å². The molecule has 10 aromatic carbocycles. The summed E-state index contributed by atoms with van der Waals surface area (Å²) in [5.74, 6) is 1.72. The highest BCUT2D eigenvalue weighted by molar-refractivity contribution is 6.27. The Bertz CT molecular complexity index is 4110. The van der Waals surface area contributed by atoms with Crippen molar-refractivity contribution in [1.29, 1.82) is 0 Å². The van der Waals surface area contributed by atoms with Crippen molar-refractivity contribution in [3.05, 3.63) is 243 Å². The molecule has 0 aliphatic rings. The molecule has 69 heavy (non-hydrogen) atoms. The van der Waals surface area contributed by atoms with Gasteiger partial charge in [0.05, 0.1) is 38.8 Å². The fourth-order valence-electron chi connectivity index (χ4n) is 10.6. The molecule has 6 heteroatoms. The van der Waals surface area contributed by atoms with E-state index in [2.05, 4.69) is 244 Å². The van der Waals surface area contributed by atoms with Crippen LogP contribution in [0.15, 0.2) is 243 Å². The molecule has 0 N–H and O–H groups in total. The fourth-order valence-corrected chi connectivity index (χ4v) is 10.6. The van der Waals surface area contributed by atoms with Gasteiger partial charge in [-0.1, -0.05) is 200 Å². The third-order valence-electron chi connectivity index (χ3n) is 13.7. The Morgan fingerprint density at radius 2 is 0.594 bits per heavy atom. The first-order chi connectivity index (χ1) is 34.2. The number of aromatic nitrogens is 6. The summed E-state index contributed by atoms with van der Waals surface area (Å²) in [5, 5.41) is 6.98. The SMILES string of the molecule is c1ccc(-c2ccc(-c3nc(-c4ccc(-c5ccccc5)cc4)nc(-n4c5ccccc5c5c(-n6c7ccccc7c7ccccc76)c6c7ccccc7n(-c7ccccc7)c6cc54)n3)cc2)cc1. The molecule has 0 radical (unpaired) electrons. The standard InChI is InChI=1S/C63H40N6/c1-4-18-41(19-5-1)43-32-36-45(37-33-43)61-64-62(46-38-34-44(35-39-46)42-20-6-2-7-21-42)66-63(65-61)69-55-31-17-13-27-51(55)59-57(69)40-56-58(50-26-12-16-30-54(50)67(56)47-22-8-3-9-23-47)60(59)68-52-28-14-10-24-48(52)49-25-11-15-29-53(49)68/h1-40H. The lowest BCUT2D eigenvalue weighted by Gasteiger charge is -2.15. The molecule has 0 amide bonds. The van der Waals surface area contributed by atoms with Crippen LogP contribution in [0.25, 0.3) is 128 Å². The summed E-state index contributed by atoms with van der Waals surface area (Å²) < 4.78 is 7.18. The molecule has 14 rings (SSSR count). The lowest BCUT2D eigenvalue weighted by Crippen LogP contribution is -2.07. The third kappa shape index (κ3) is 6.16. The van der Waals surface area contributed by atoms with Crippen LogP contribution in [0, 0.1) is 0 Å². The monoisotopic (exact) mass is 880 g/mol. The molecule has 0 aliphatic carbocycles. The van der Waals surface area contributed by atoms with Crippen LogP contribution >= 0.6 is 0 Å². The van der Waals surface area contributed by atoms with Crippen molar-refractivity contribution < 1.29 is 0 Å². The summed E-state index contributed by atoms with van der Waals surface area (Å²) in [6.07, 6.45) is 0. The van der Waals surface area contributed by atoms with E-state index in [-0.39, 0.29) is 0 Å². The number of rotatable bonds is 7. The van der Waals surface area contributed by atoms with Gasteiger partial charge in [-0.15, -0.1) is 0 Å². The number of benzene rings is 10. The zero-order chi connectivity index (χ0) is 45.4. The van der Waals surface area contributed by atoms with Gasteiger partial charge >= 0.3 is 0 Å². The summed E-state index contributed by atoms with van der Waals surface area (Å²) in [5.41, 5.74) is 15.1. The smallest absolute Gasteiger partial charge is 0.238 e. The van der Waals surface area contributed by atoms with Crippen molar-refractivity contribution in [2.75, 3.05) is 0 Å². The van der Waals surface area contributed by atoms with Crippen LogP contribution < -0.4 is 0 Å². The van der Waals surface area contributed by atoms with Crippen LogP contribution in [-0.4, -0.2) is 28.7 Å². The zero-order valence-electron chi connectivity index (χ0n) is 37.3. The maximum Gasteiger partial charge on any atom is 0.238 e. The Labute approximate surface area is 397 Å². The molecular formula is C63H40N6. The number of fused-ring (bicyclic) bond motifs is 9. The first-order valence-electron chi connectivity index (χ1n) is 23.4. The first kappa shape index (κ1) is 38.8. The van der Waals surface area contributed by atoms with E-state index in [1.165, 1.54) is 21.5 Å². The summed E-state index contributed by atoms with van der Waals surface area (Å²) in [6.45, 7) is 0. The van der Waals surface area contributed by atoms with Gasteiger partial charge in [0.15, 0.2) is 11.6 Å². The second-order valence-corrected chi connectivity index (χ2v) is 17.6. The van der Waals surface area contributed by atoms with Crippen LogP contribution in [-0.2, 0) is 0 Å². The number of hydrogen-bond acceptors (Lipinski definition) is 3. The molecule has 4 aromatic heterocycles. The first-order valence-corrected chi connectivity index (χ1v) is 23.4. The van der Waals surface area contributed by atoms with E-state index >= 15 is 0 Å². The summed E-state index contributed by atoms with van der Waals surface area (Å²) in [4.78, 5) is 16.2. The van der Waals surface area contributed by atoms with Gasteiger partial charge < -0.3 is 9.13 Å². The Morgan fingerprint density at radius 3 is 1.07 bits per heavy atom. The molecular weight excluding hydrogens is 841 g/mol. The maximum atomic E-state index is 5.46. The highest BCUT2D eigenvalue weighted by Crippen LogP contribution is 2.47. The van der Waals surface area contributed by atoms with E-state index in [9.17, 15) is 0 Å². The van der Waals surface area contributed by atoms with Crippen molar-refractivity contribution in [3.63, 3.8) is 0 Å². The summed E-state index contributed by atoms with van der Waals surface area (Å²) in [7, 11) is 0. The molecule has 0 fully saturated rings. The van der Waals surface area contributed by atoms with E-state index < -0.39 is 0 Å². The number of hydrogen-bond donors (Lipinski definition) is 0. The number of para-hydroxylation sites is 5. The van der Waals surface area contributed by atoms with Gasteiger partial charge in [0.25, 0.3) is 0 Å². The van der Waals surface area contributed by atoms with Gasteiger partial charge in [-0.3, -0.25) is 4.57 Å². The lowest BCUT2D eigenvalue weighted by molar-refractivity contribution is 0.953. The van der Waals surface area contributed by atoms with Crippen molar-refractivity contribution in [2.45, 2.75) is 0 Å². The van der Waals surface area contributed by atoms with E-state index in [0.717, 1.165) is 88.6 Å². The minimum absolute atomic E-state index is 0.537. The second-order valence-electron chi connectivity index (χ2n) is 17.6. The highest BCUT2D eigenvalue weighted by Gasteiger charge is 2.27. The fraction of sp³-hybridized carbons (Fsp3) is 0. The largest absolute Gasteiger partial charge is 0.309 e. The molecule has 322 valence electrons. The van der Waals surface area contributed by atoms with Gasteiger partial charge in [-0.25, -0.2) is 4.98 Å². The minimum atomic E-state index is 0.537. The second kappa shape index (κ2) is 15.6. The van der Waals surface area contributed by atoms with Gasteiger partial charge in [-0.05, 0) is 64.7 Å². The number of nitrogens with zero attached hydrogens (tertiary/aromatic N) is 6. The summed E-state index contributed by atoms with van der Waals surface area (Å²) in [6, 6.07) is 86.2. The molecule has 0 saturated carbocycles. The molecule has 0 saturated heterocycles. The normalized spacial score (nSPS) is 11.8. The quantitative estimate of drug-likeness (QED) is 0.160. The Kier molecular flexibility index (Phi) is 8.79. The van der Waals surface area contributed by atoms with E-state index in [1.807, 2.05) is 12.1 Å². The third-order valence-corrected chi connectivity index (χ3v) is 13.7. The molecule has 6 nitrogen and oxygen atoms in total. The molecule has 0 aliphatic heterocycles. The van der Waals surface area contributed by atoms with Gasteiger partial charge in [0.1, 0.15) is 0 Å². The van der Waals surface area contributed by atoms with Gasteiger partial charge in [-0.2, -0.15) is 9.97 Å². The predicted molar refractivity (Wildman–Crippen MR) is 285 cm³/mol. The molecule has 14 aromatic rings. The average molecular weight is 881 g/mol. The van der Waals surface area contributed by atoms with Crippen molar-refractivity contribution >= 4 is 65.4 Å². The predicted octanol–water partition coefficient (Wildman–Crippen LogP) is 15.8. The van der Waals surface area contributed by atoms with E-state index in [4.69, 9.17) is 15.0 Å². The van der Waals surface area contributed by atoms with Crippen LogP contribution in [0.3, 0.4) is 0 Å². The van der Waals surface area contributed by atoms with Gasteiger partial charge in [0.2, 0.25) is 5.95 Å². The molecule has 4 heterocycles. The Balaban J connectivity index is 1.11. The highest BCUT2D eigenvalue weighted by atomic mass is 15.2. The molecule has 0 unspecified atom stereocenters. The zero-order valence-corrected chi connectivity index (χ0v) is 37.3. The van der Waals surface area contributed by atoms with E-state index in [1.54, 1.807) is 0 Å². The molecule has 0 atom stereocenters. The minimum Gasteiger partial charge on any atom is -0.309 e. The van der Waals surface area contributed by atoms with Crippen LogP contribution in [0.5, 0.6) is 0 Å². The maximum absolute atomic E-state index is 5.46. The van der Waals surface area contributed by atoms with Crippen molar-refractivity contribution in [2.24, 2.45) is 0 Å². The van der Waals surface area contributed by atoms with Crippen molar-refractivity contribution in [3.8, 4) is 62.4 Å². The Hall–Kier alpha value is -9.39. The van der Waals surface area contributed by atoms with Crippen LogP contribution in [0.2, 0.25) is 0 Å². The van der Waals surface area contributed by atoms with Crippen molar-refractivity contribution in [1.82, 2.24) is 28.7 Å². The Morgan fingerprint density at radius 1 is 0.246 bits per heavy atom. The topological polar surface area (TPSA) is 53.5 Å².